The molecule has 6 nitrogen and oxygen atoms in total. The topological polar surface area (TPSA) is 65.5 Å². The number of carbonyl (C=O) groups is 2. The zero-order valence-corrected chi connectivity index (χ0v) is 15.7. The van der Waals surface area contributed by atoms with Crippen molar-refractivity contribution in [1.82, 2.24) is 14.8 Å². The molecule has 0 aliphatic carbocycles. The van der Waals surface area contributed by atoms with Gasteiger partial charge >= 0.3 is 0 Å². The number of amides is 2. The van der Waals surface area contributed by atoms with Crippen LogP contribution in [0.2, 0.25) is 10.0 Å². The lowest BCUT2D eigenvalue weighted by Gasteiger charge is -2.32. The van der Waals surface area contributed by atoms with E-state index in [1.165, 1.54) is 12.3 Å². The number of aromatic nitrogens is 1. The predicted octanol–water partition coefficient (Wildman–Crippen LogP) is 3.03. The monoisotopic (exact) mass is 392 g/mol. The minimum Gasteiger partial charge on any atom is -0.335 e. The first-order valence-corrected chi connectivity index (χ1v) is 8.90. The highest BCUT2D eigenvalue weighted by Gasteiger charge is 2.22. The minimum atomic E-state index is -0.385. The first-order chi connectivity index (χ1) is 12.5. The second-order valence-corrected chi connectivity index (χ2v) is 6.87. The summed E-state index contributed by atoms with van der Waals surface area (Å²) >= 11 is 12.1. The molecule has 0 unspecified atom stereocenters. The second-order valence-electron chi connectivity index (χ2n) is 6.08. The molecule has 1 N–H and O–H groups in total. The minimum absolute atomic E-state index is 0.173. The van der Waals surface area contributed by atoms with Crippen LogP contribution in [0.15, 0.2) is 36.5 Å². The maximum Gasteiger partial charge on any atom is 0.272 e. The van der Waals surface area contributed by atoms with Crippen molar-refractivity contribution in [3.63, 3.8) is 0 Å². The van der Waals surface area contributed by atoms with Crippen molar-refractivity contribution in [3.05, 3.63) is 57.8 Å². The van der Waals surface area contributed by atoms with E-state index in [4.69, 9.17) is 23.2 Å². The van der Waals surface area contributed by atoms with Crippen molar-refractivity contribution in [2.75, 3.05) is 38.5 Å². The Balaban J connectivity index is 1.75. The summed E-state index contributed by atoms with van der Waals surface area (Å²) in [5.41, 5.74) is 0.987. The lowest BCUT2D eigenvalue weighted by atomic mass is 10.2. The van der Waals surface area contributed by atoms with Gasteiger partial charge in [0.1, 0.15) is 5.69 Å². The maximum atomic E-state index is 12.6. The van der Waals surface area contributed by atoms with Gasteiger partial charge in [0, 0.05) is 37.9 Å². The Bertz CT molecular complexity index is 836. The first kappa shape index (κ1) is 18.6. The van der Waals surface area contributed by atoms with E-state index in [-0.39, 0.29) is 22.5 Å². The van der Waals surface area contributed by atoms with E-state index in [9.17, 15) is 9.59 Å². The average Bonchev–Trinajstić information content (AvgIpc) is 2.65. The number of halogens is 2. The molecule has 8 heteroatoms. The standard InChI is InChI=1S/C18H18Cl2N4O2/c1-23-7-9-24(10-8-23)18(26)15-11-12(5-6-21-15)17(25)22-14-4-2-3-13(19)16(14)20/h2-6,11H,7-10H2,1H3,(H,22,25). The Morgan fingerprint density at radius 2 is 1.85 bits per heavy atom. The number of hydrogen-bond acceptors (Lipinski definition) is 4. The Kier molecular flexibility index (Phi) is 5.76. The molecule has 2 heterocycles. The van der Waals surface area contributed by atoms with Gasteiger partial charge in [-0.05, 0) is 31.3 Å². The van der Waals surface area contributed by atoms with Crippen molar-refractivity contribution >= 4 is 40.7 Å². The van der Waals surface area contributed by atoms with E-state index in [1.54, 1.807) is 29.2 Å². The molecule has 2 aromatic rings. The summed E-state index contributed by atoms with van der Waals surface area (Å²) in [6, 6.07) is 8.03. The summed E-state index contributed by atoms with van der Waals surface area (Å²) in [5.74, 6) is -0.558. The predicted molar refractivity (Wildman–Crippen MR) is 102 cm³/mol. The van der Waals surface area contributed by atoms with Gasteiger partial charge in [0.2, 0.25) is 0 Å². The lowest BCUT2D eigenvalue weighted by Crippen LogP contribution is -2.47. The molecule has 0 bridgehead atoms. The van der Waals surface area contributed by atoms with Crippen molar-refractivity contribution in [1.29, 1.82) is 0 Å². The zero-order chi connectivity index (χ0) is 18.7. The molecule has 1 saturated heterocycles. The smallest absolute Gasteiger partial charge is 0.272 e. The van der Waals surface area contributed by atoms with Crippen LogP contribution in [0, 0.1) is 0 Å². The summed E-state index contributed by atoms with van der Waals surface area (Å²) in [5, 5.41) is 3.32. The van der Waals surface area contributed by atoms with Gasteiger partial charge in [-0.15, -0.1) is 0 Å². The van der Waals surface area contributed by atoms with E-state index < -0.39 is 0 Å². The maximum absolute atomic E-state index is 12.6. The summed E-state index contributed by atoms with van der Waals surface area (Å²) in [4.78, 5) is 33.1. The molecule has 0 spiro atoms. The van der Waals surface area contributed by atoms with E-state index in [0.29, 0.717) is 29.4 Å². The molecule has 1 aliphatic heterocycles. The molecular weight excluding hydrogens is 375 g/mol. The van der Waals surface area contributed by atoms with Crippen LogP contribution in [0.4, 0.5) is 5.69 Å². The van der Waals surface area contributed by atoms with Crippen LogP contribution in [0.3, 0.4) is 0 Å². The van der Waals surface area contributed by atoms with Crippen LogP contribution in [0.5, 0.6) is 0 Å². The number of likely N-dealkylation sites (N-methyl/N-ethyl adjacent to an activating group) is 1. The molecule has 0 saturated carbocycles. The number of benzene rings is 1. The highest BCUT2D eigenvalue weighted by molar-refractivity contribution is 6.44. The Morgan fingerprint density at radius 3 is 2.58 bits per heavy atom. The summed E-state index contributed by atoms with van der Waals surface area (Å²) in [6.45, 7) is 2.93. The Morgan fingerprint density at radius 1 is 1.12 bits per heavy atom. The summed E-state index contributed by atoms with van der Waals surface area (Å²) in [7, 11) is 2.02. The summed E-state index contributed by atoms with van der Waals surface area (Å²) in [6.07, 6.45) is 1.46. The number of nitrogens with one attached hydrogen (secondary N) is 1. The fourth-order valence-corrected chi connectivity index (χ4v) is 3.00. The van der Waals surface area contributed by atoms with Crippen molar-refractivity contribution in [2.24, 2.45) is 0 Å². The van der Waals surface area contributed by atoms with E-state index >= 15 is 0 Å². The molecule has 1 aromatic carbocycles. The number of anilines is 1. The number of carbonyl (C=O) groups excluding carboxylic acids is 2. The number of pyridine rings is 1. The van der Waals surface area contributed by atoms with Crippen LogP contribution in [0.25, 0.3) is 0 Å². The van der Waals surface area contributed by atoms with Crippen LogP contribution in [-0.2, 0) is 0 Å². The Hall–Kier alpha value is -2.15. The van der Waals surface area contributed by atoms with Crippen LogP contribution in [-0.4, -0.2) is 59.8 Å². The average molecular weight is 393 g/mol. The van der Waals surface area contributed by atoms with Gasteiger partial charge in [-0.25, -0.2) is 0 Å². The first-order valence-electron chi connectivity index (χ1n) is 8.15. The third-order valence-electron chi connectivity index (χ3n) is 4.23. The van der Waals surface area contributed by atoms with Gasteiger partial charge in [-0.3, -0.25) is 14.6 Å². The van der Waals surface area contributed by atoms with Crippen molar-refractivity contribution in [3.8, 4) is 0 Å². The van der Waals surface area contributed by atoms with Crippen molar-refractivity contribution < 1.29 is 9.59 Å². The zero-order valence-electron chi connectivity index (χ0n) is 14.2. The molecular formula is C18H18Cl2N4O2. The fraction of sp³-hybridized carbons (Fsp3) is 0.278. The number of nitrogens with zero attached hydrogens (tertiary/aromatic N) is 3. The largest absolute Gasteiger partial charge is 0.335 e. The van der Waals surface area contributed by atoms with Gasteiger partial charge in [0.25, 0.3) is 11.8 Å². The molecule has 2 amide bonds. The number of piperazine rings is 1. The molecule has 3 rings (SSSR count). The van der Waals surface area contributed by atoms with Crippen molar-refractivity contribution in [2.45, 2.75) is 0 Å². The highest BCUT2D eigenvalue weighted by atomic mass is 35.5. The van der Waals surface area contributed by atoms with E-state index in [2.05, 4.69) is 15.2 Å². The molecule has 136 valence electrons. The van der Waals surface area contributed by atoms with Gasteiger partial charge in [0.15, 0.2) is 0 Å². The second kappa shape index (κ2) is 8.03. The Labute approximate surface area is 161 Å². The molecule has 0 radical (unpaired) electrons. The highest BCUT2D eigenvalue weighted by Crippen LogP contribution is 2.29. The van der Waals surface area contributed by atoms with Gasteiger partial charge in [-0.2, -0.15) is 0 Å². The quantitative estimate of drug-likeness (QED) is 0.871. The summed E-state index contributed by atoms with van der Waals surface area (Å²) < 4.78 is 0. The van der Waals surface area contributed by atoms with Crippen LogP contribution in [0.1, 0.15) is 20.8 Å². The van der Waals surface area contributed by atoms with Crippen LogP contribution >= 0.6 is 23.2 Å². The molecule has 1 aliphatic rings. The van der Waals surface area contributed by atoms with Gasteiger partial charge < -0.3 is 15.1 Å². The normalized spacial score (nSPS) is 15.0. The third-order valence-corrected chi connectivity index (χ3v) is 5.05. The third kappa shape index (κ3) is 4.15. The number of hydrogen-bond donors (Lipinski definition) is 1. The van der Waals surface area contributed by atoms with Crippen LogP contribution < -0.4 is 5.32 Å². The van der Waals surface area contributed by atoms with E-state index in [0.717, 1.165) is 13.1 Å². The molecule has 1 fully saturated rings. The fourth-order valence-electron chi connectivity index (χ4n) is 2.66. The van der Waals surface area contributed by atoms with Gasteiger partial charge in [-0.1, -0.05) is 29.3 Å². The molecule has 26 heavy (non-hydrogen) atoms. The lowest BCUT2D eigenvalue weighted by molar-refractivity contribution is 0.0658. The SMILES string of the molecule is CN1CCN(C(=O)c2cc(C(=O)Nc3cccc(Cl)c3Cl)ccn2)CC1. The molecule has 1 aromatic heterocycles. The van der Waals surface area contributed by atoms with Gasteiger partial charge in [0.05, 0.1) is 15.7 Å². The molecule has 0 atom stereocenters. The van der Waals surface area contributed by atoms with E-state index in [1.807, 2.05) is 7.05 Å². The number of rotatable bonds is 3.